The molecule has 0 bridgehead atoms. The van der Waals surface area contributed by atoms with Crippen LogP contribution in [0.5, 0.6) is 11.5 Å². The number of methoxy groups -OCH3 is 1. The monoisotopic (exact) mass is 347 g/mol. The van der Waals surface area contributed by atoms with Crippen LogP contribution < -0.4 is 20.5 Å². The van der Waals surface area contributed by atoms with E-state index in [1.54, 1.807) is 19.1 Å². The van der Waals surface area contributed by atoms with Crippen LogP contribution in [0.25, 0.3) is 0 Å². The first-order valence-electron chi connectivity index (χ1n) is 6.71. The number of aromatic nitrogens is 3. The van der Waals surface area contributed by atoms with Crippen molar-refractivity contribution < 1.29 is 9.47 Å². The molecule has 8 nitrogen and oxygen atoms in total. The molecule has 0 fully saturated rings. The van der Waals surface area contributed by atoms with E-state index in [1.165, 1.54) is 13.3 Å². The summed E-state index contributed by atoms with van der Waals surface area (Å²) in [7, 11) is 1.49. The maximum atomic E-state index is 11.4. The third-order valence-corrected chi connectivity index (χ3v) is 3.08. The minimum atomic E-state index is -0.345. The molecule has 1 aromatic heterocycles. The van der Waals surface area contributed by atoms with E-state index >= 15 is 0 Å². The number of aryl methyl sites for hydroxylation is 1. The van der Waals surface area contributed by atoms with Gasteiger partial charge < -0.3 is 9.47 Å². The van der Waals surface area contributed by atoms with Crippen LogP contribution >= 0.6 is 11.6 Å². The lowest BCUT2D eigenvalue weighted by molar-refractivity contribution is 0.331. The Labute approximate surface area is 142 Å². The molecular weight excluding hydrogens is 334 g/mol. The maximum Gasteiger partial charge on any atom is 0.274 e. The number of rotatable bonds is 6. The van der Waals surface area contributed by atoms with Gasteiger partial charge in [0.05, 0.1) is 18.3 Å². The topological polar surface area (TPSA) is 101 Å². The molecule has 124 valence electrons. The van der Waals surface area contributed by atoms with Gasteiger partial charge in [-0.05, 0) is 24.6 Å². The average molecular weight is 348 g/mol. The van der Waals surface area contributed by atoms with Gasteiger partial charge in [-0.25, -0.2) is 5.43 Å². The first-order chi connectivity index (χ1) is 11.5. The normalized spacial score (nSPS) is 10.4. The summed E-state index contributed by atoms with van der Waals surface area (Å²) >= 11 is 6.16. The van der Waals surface area contributed by atoms with E-state index in [0.717, 1.165) is 0 Å². The van der Waals surface area contributed by atoms with E-state index in [4.69, 9.17) is 27.5 Å². The van der Waals surface area contributed by atoms with Crippen LogP contribution in [0, 0.1) is 19.3 Å². The third kappa shape index (κ3) is 4.24. The van der Waals surface area contributed by atoms with Crippen LogP contribution in [-0.2, 0) is 0 Å². The molecule has 0 aliphatic heterocycles. The van der Waals surface area contributed by atoms with Gasteiger partial charge in [0.25, 0.3) is 5.56 Å². The van der Waals surface area contributed by atoms with Crippen LogP contribution in [0.3, 0.4) is 0 Å². The van der Waals surface area contributed by atoms with Crippen molar-refractivity contribution in [1.82, 2.24) is 15.2 Å². The van der Waals surface area contributed by atoms with Gasteiger partial charge in [-0.15, -0.1) is 16.6 Å². The van der Waals surface area contributed by atoms with Gasteiger partial charge in [0.2, 0.25) is 5.95 Å². The molecule has 0 radical (unpaired) electrons. The Hall–Kier alpha value is -3.05. The van der Waals surface area contributed by atoms with Gasteiger partial charge in [-0.2, -0.15) is 5.10 Å². The van der Waals surface area contributed by atoms with Gasteiger partial charge in [0.15, 0.2) is 11.5 Å². The minimum absolute atomic E-state index is 0.0739. The molecule has 0 aliphatic rings. The Bertz CT molecular complexity index is 857. The first-order valence-corrected chi connectivity index (χ1v) is 7.09. The Morgan fingerprint density at radius 2 is 2.29 bits per heavy atom. The summed E-state index contributed by atoms with van der Waals surface area (Å²) < 4.78 is 10.6. The van der Waals surface area contributed by atoms with Crippen LogP contribution in [0.4, 0.5) is 5.95 Å². The number of hydrogen-bond donors (Lipinski definition) is 2. The molecule has 1 heterocycles. The number of ether oxygens (including phenoxy) is 2. The number of H-pyrrole nitrogens is 1. The zero-order valence-electron chi connectivity index (χ0n) is 13.0. The fraction of sp³-hybridized carbons (Fsp3) is 0.200. The lowest BCUT2D eigenvalue weighted by Gasteiger charge is -2.11. The summed E-state index contributed by atoms with van der Waals surface area (Å²) in [5.74, 6) is 3.25. The van der Waals surface area contributed by atoms with Crippen molar-refractivity contribution in [1.29, 1.82) is 0 Å². The molecule has 0 atom stereocenters. The van der Waals surface area contributed by atoms with Crippen molar-refractivity contribution in [3.63, 3.8) is 0 Å². The number of nitrogens with one attached hydrogen (secondary N) is 2. The molecule has 0 saturated heterocycles. The van der Waals surface area contributed by atoms with Crippen molar-refractivity contribution in [2.75, 3.05) is 19.1 Å². The Morgan fingerprint density at radius 1 is 1.50 bits per heavy atom. The second-order valence-electron chi connectivity index (χ2n) is 4.49. The lowest BCUT2D eigenvalue weighted by atomic mass is 10.2. The molecule has 2 aromatic rings. The summed E-state index contributed by atoms with van der Waals surface area (Å²) in [5, 5.41) is 11.7. The largest absolute Gasteiger partial charge is 0.493 e. The average Bonchev–Trinajstić information content (AvgIpc) is 2.56. The lowest BCUT2D eigenvalue weighted by Crippen LogP contribution is -2.15. The van der Waals surface area contributed by atoms with Gasteiger partial charge in [-0.3, -0.25) is 9.78 Å². The van der Waals surface area contributed by atoms with E-state index in [1.807, 2.05) is 0 Å². The van der Waals surface area contributed by atoms with Crippen LogP contribution in [-0.4, -0.2) is 35.1 Å². The van der Waals surface area contributed by atoms with E-state index in [2.05, 4.69) is 31.6 Å². The molecule has 9 heteroatoms. The summed E-state index contributed by atoms with van der Waals surface area (Å²) in [6, 6.07) is 3.30. The molecule has 2 rings (SSSR count). The number of nitrogens with zero attached hydrogens (tertiary/aromatic N) is 3. The Kier molecular flexibility index (Phi) is 5.76. The third-order valence-electron chi connectivity index (χ3n) is 2.80. The number of halogens is 1. The minimum Gasteiger partial charge on any atom is -0.493 e. The second-order valence-corrected chi connectivity index (χ2v) is 4.89. The molecule has 0 amide bonds. The van der Waals surface area contributed by atoms with Gasteiger partial charge in [0, 0.05) is 0 Å². The Balaban J connectivity index is 2.17. The highest BCUT2D eigenvalue weighted by Crippen LogP contribution is 2.35. The predicted molar refractivity (Wildman–Crippen MR) is 90.9 cm³/mol. The quantitative estimate of drug-likeness (QED) is 0.467. The number of terminal acetylenes is 1. The molecule has 0 aliphatic carbocycles. The van der Waals surface area contributed by atoms with Crippen molar-refractivity contribution >= 4 is 23.8 Å². The summed E-state index contributed by atoms with van der Waals surface area (Å²) in [6.45, 7) is 1.63. The molecular formula is C15H14ClN5O3. The fourth-order valence-corrected chi connectivity index (χ4v) is 1.95. The predicted octanol–water partition coefficient (Wildman–Crippen LogP) is 1.59. The fourth-order valence-electron chi connectivity index (χ4n) is 1.68. The summed E-state index contributed by atoms with van der Waals surface area (Å²) in [4.78, 5) is 13.9. The SMILES string of the molecule is C#CCOc1c(Cl)cc(/C=N/Nc2nnc(C)c(=O)[nH]2)cc1OC. The highest BCUT2D eigenvalue weighted by atomic mass is 35.5. The van der Waals surface area contributed by atoms with Gasteiger partial charge in [0.1, 0.15) is 12.3 Å². The van der Waals surface area contributed by atoms with Crippen LogP contribution in [0.15, 0.2) is 22.0 Å². The Morgan fingerprint density at radius 3 is 2.96 bits per heavy atom. The summed E-state index contributed by atoms with van der Waals surface area (Å²) in [5.41, 5.74) is 3.13. The zero-order valence-corrected chi connectivity index (χ0v) is 13.7. The standard InChI is InChI=1S/C15H14ClN5O3/c1-4-5-24-13-11(16)6-10(7-12(13)23-3)8-17-20-15-18-14(22)9(2)19-21-15/h1,6-8H,5H2,2-3H3,(H2,18,20,21,22)/b17-8+. The van der Waals surface area contributed by atoms with Crippen LogP contribution in [0.2, 0.25) is 5.02 Å². The molecule has 0 unspecified atom stereocenters. The maximum absolute atomic E-state index is 11.4. The zero-order chi connectivity index (χ0) is 17.5. The number of aromatic amines is 1. The van der Waals surface area contributed by atoms with E-state index in [0.29, 0.717) is 22.1 Å². The highest BCUT2D eigenvalue weighted by molar-refractivity contribution is 6.32. The number of hydrogen-bond acceptors (Lipinski definition) is 7. The first kappa shape index (κ1) is 17.3. The van der Waals surface area contributed by atoms with Gasteiger partial charge >= 0.3 is 0 Å². The molecule has 0 saturated carbocycles. The number of benzene rings is 1. The smallest absolute Gasteiger partial charge is 0.274 e. The number of hydrazone groups is 1. The molecule has 1 aromatic carbocycles. The van der Waals surface area contributed by atoms with Crippen molar-refractivity contribution in [2.45, 2.75) is 6.92 Å². The van der Waals surface area contributed by atoms with Crippen molar-refractivity contribution in [3.8, 4) is 23.8 Å². The van der Waals surface area contributed by atoms with E-state index in [9.17, 15) is 4.79 Å². The molecule has 24 heavy (non-hydrogen) atoms. The molecule has 2 N–H and O–H groups in total. The van der Waals surface area contributed by atoms with Gasteiger partial charge in [-0.1, -0.05) is 17.5 Å². The van der Waals surface area contributed by atoms with E-state index < -0.39 is 0 Å². The van der Waals surface area contributed by atoms with Crippen molar-refractivity contribution in [2.24, 2.45) is 5.10 Å². The second kappa shape index (κ2) is 7.99. The number of anilines is 1. The van der Waals surface area contributed by atoms with Crippen molar-refractivity contribution in [3.05, 3.63) is 38.8 Å². The highest BCUT2D eigenvalue weighted by Gasteiger charge is 2.11. The van der Waals surface area contributed by atoms with E-state index in [-0.39, 0.29) is 23.8 Å². The summed E-state index contributed by atoms with van der Waals surface area (Å²) in [6.07, 6.45) is 6.64. The van der Waals surface area contributed by atoms with Crippen LogP contribution in [0.1, 0.15) is 11.3 Å². The molecule has 0 spiro atoms.